The van der Waals surface area contributed by atoms with Crippen molar-refractivity contribution in [3.63, 3.8) is 0 Å². The Morgan fingerprint density at radius 3 is 2.80 bits per heavy atom. The molecule has 0 bridgehead atoms. The second-order valence-electron chi connectivity index (χ2n) is 4.97. The van der Waals surface area contributed by atoms with Crippen LogP contribution in [0.25, 0.3) is 0 Å². The number of nitrogens with one attached hydrogen (secondary N) is 1. The van der Waals surface area contributed by atoms with Gasteiger partial charge in [0.2, 0.25) is 0 Å². The van der Waals surface area contributed by atoms with E-state index in [1.807, 2.05) is 17.5 Å². The van der Waals surface area contributed by atoms with Crippen LogP contribution in [0.5, 0.6) is 0 Å². The molecular formula is C15H14FNO2S. The zero-order valence-corrected chi connectivity index (χ0v) is 11.5. The number of aromatic carboxylic acids is 1. The van der Waals surface area contributed by atoms with E-state index in [2.05, 4.69) is 5.32 Å². The molecule has 1 aliphatic rings. The largest absolute Gasteiger partial charge is 0.478 e. The maximum Gasteiger partial charge on any atom is 0.335 e. The predicted octanol–water partition coefficient (Wildman–Crippen LogP) is 4.15. The van der Waals surface area contributed by atoms with Crippen molar-refractivity contribution in [2.75, 3.05) is 5.32 Å². The third-order valence-corrected chi connectivity index (χ3v) is 4.42. The molecule has 3 rings (SSSR count). The minimum absolute atomic E-state index is 0.0635. The first-order chi connectivity index (χ1) is 9.65. The zero-order chi connectivity index (χ0) is 14.1. The molecule has 104 valence electrons. The first-order valence-electron chi connectivity index (χ1n) is 6.48. The van der Waals surface area contributed by atoms with Crippen LogP contribution in [0, 0.1) is 11.7 Å². The van der Waals surface area contributed by atoms with Crippen molar-refractivity contribution in [1.82, 2.24) is 0 Å². The van der Waals surface area contributed by atoms with E-state index >= 15 is 0 Å². The Balaban J connectivity index is 1.88. The van der Waals surface area contributed by atoms with E-state index in [-0.39, 0.29) is 17.3 Å². The fraction of sp³-hybridized carbons (Fsp3) is 0.267. The maximum atomic E-state index is 13.9. The lowest BCUT2D eigenvalue weighted by Crippen LogP contribution is -2.13. The van der Waals surface area contributed by atoms with Gasteiger partial charge in [0.1, 0.15) is 5.82 Å². The lowest BCUT2D eigenvalue weighted by Gasteiger charge is -2.19. The molecule has 1 fully saturated rings. The van der Waals surface area contributed by atoms with Crippen LogP contribution < -0.4 is 5.32 Å². The van der Waals surface area contributed by atoms with Gasteiger partial charge in [-0.05, 0) is 48.4 Å². The summed E-state index contributed by atoms with van der Waals surface area (Å²) in [5, 5.41) is 14.2. The third kappa shape index (κ3) is 2.67. The van der Waals surface area contributed by atoms with Gasteiger partial charge in [-0.25, -0.2) is 9.18 Å². The van der Waals surface area contributed by atoms with Gasteiger partial charge in [-0.15, -0.1) is 11.3 Å². The third-order valence-electron chi connectivity index (χ3n) is 3.47. The summed E-state index contributed by atoms with van der Waals surface area (Å²) in [6.45, 7) is 0. The van der Waals surface area contributed by atoms with Crippen molar-refractivity contribution >= 4 is 23.0 Å². The van der Waals surface area contributed by atoms with E-state index in [1.165, 1.54) is 18.2 Å². The van der Waals surface area contributed by atoms with Crippen molar-refractivity contribution in [3.8, 4) is 0 Å². The van der Waals surface area contributed by atoms with Crippen molar-refractivity contribution in [2.45, 2.75) is 18.9 Å². The Labute approximate surface area is 120 Å². The van der Waals surface area contributed by atoms with Crippen molar-refractivity contribution in [2.24, 2.45) is 5.92 Å². The topological polar surface area (TPSA) is 49.3 Å². The van der Waals surface area contributed by atoms with E-state index in [0.29, 0.717) is 5.92 Å². The quantitative estimate of drug-likeness (QED) is 0.870. The molecule has 0 saturated heterocycles. The summed E-state index contributed by atoms with van der Waals surface area (Å²) in [5.41, 5.74) is 0.352. The Bertz CT molecular complexity index is 623. The van der Waals surface area contributed by atoms with E-state index < -0.39 is 11.8 Å². The zero-order valence-electron chi connectivity index (χ0n) is 10.7. The number of hydrogen-bond acceptors (Lipinski definition) is 3. The summed E-state index contributed by atoms with van der Waals surface area (Å²) in [7, 11) is 0. The van der Waals surface area contributed by atoms with Gasteiger partial charge in [0, 0.05) is 4.88 Å². The first kappa shape index (κ1) is 13.1. The van der Waals surface area contributed by atoms with Crippen LogP contribution in [-0.4, -0.2) is 11.1 Å². The molecule has 0 spiro atoms. The number of thiophene rings is 1. The molecule has 0 radical (unpaired) electrons. The highest BCUT2D eigenvalue weighted by Crippen LogP contribution is 2.44. The fourth-order valence-corrected chi connectivity index (χ4v) is 3.12. The summed E-state index contributed by atoms with van der Waals surface area (Å²) in [4.78, 5) is 12.1. The van der Waals surface area contributed by atoms with E-state index in [4.69, 9.17) is 5.11 Å². The summed E-state index contributed by atoms with van der Waals surface area (Å²) in [6, 6.07) is 7.90. The molecule has 1 aromatic heterocycles. The van der Waals surface area contributed by atoms with Gasteiger partial charge in [0.05, 0.1) is 17.3 Å². The van der Waals surface area contributed by atoms with Gasteiger partial charge in [0.25, 0.3) is 0 Å². The van der Waals surface area contributed by atoms with Crippen molar-refractivity contribution in [3.05, 3.63) is 52.0 Å². The molecule has 1 saturated carbocycles. The summed E-state index contributed by atoms with van der Waals surface area (Å²) in [5.74, 6) is -0.967. The summed E-state index contributed by atoms with van der Waals surface area (Å²) < 4.78 is 13.9. The number of anilines is 1. The average molecular weight is 291 g/mol. The van der Waals surface area contributed by atoms with Gasteiger partial charge in [0.15, 0.2) is 0 Å². The maximum absolute atomic E-state index is 13.9. The lowest BCUT2D eigenvalue weighted by molar-refractivity contribution is 0.0697. The van der Waals surface area contributed by atoms with Crippen LogP contribution in [0.3, 0.4) is 0 Å². The molecule has 3 nitrogen and oxygen atoms in total. The molecule has 0 aliphatic heterocycles. The van der Waals surface area contributed by atoms with Crippen LogP contribution in [-0.2, 0) is 0 Å². The summed E-state index contributed by atoms with van der Waals surface area (Å²) >= 11 is 1.63. The fourth-order valence-electron chi connectivity index (χ4n) is 2.26. The molecule has 1 heterocycles. The lowest BCUT2D eigenvalue weighted by atomic mass is 10.1. The van der Waals surface area contributed by atoms with E-state index in [0.717, 1.165) is 17.7 Å². The van der Waals surface area contributed by atoms with Gasteiger partial charge in [-0.1, -0.05) is 6.07 Å². The molecule has 1 aromatic carbocycles. The highest BCUT2D eigenvalue weighted by Gasteiger charge is 2.33. The van der Waals surface area contributed by atoms with Crippen LogP contribution in [0.4, 0.5) is 10.1 Å². The van der Waals surface area contributed by atoms with Crippen LogP contribution in [0.15, 0.2) is 35.7 Å². The van der Waals surface area contributed by atoms with Crippen molar-refractivity contribution in [1.29, 1.82) is 0 Å². The molecule has 20 heavy (non-hydrogen) atoms. The molecular weight excluding hydrogens is 277 g/mol. The molecule has 1 aliphatic carbocycles. The Morgan fingerprint density at radius 2 is 2.20 bits per heavy atom. The molecule has 1 unspecified atom stereocenters. The smallest absolute Gasteiger partial charge is 0.335 e. The molecule has 2 N–H and O–H groups in total. The SMILES string of the molecule is O=C(O)c1ccc(F)c(NC(c2cccs2)C2CC2)c1. The number of carboxylic acids is 1. The number of carboxylic acid groups (broad SMARTS) is 1. The number of hydrogen-bond donors (Lipinski definition) is 2. The number of rotatable bonds is 5. The van der Waals surface area contributed by atoms with Gasteiger partial charge in [-0.2, -0.15) is 0 Å². The molecule has 5 heteroatoms. The molecule has 0 amide bonds. The van der Waals surface area contributed by atoms with Crippen LogP contribution in [0.1, 0.15) is 34.1 Å². The minimum Gasteiger partial charge on any atom is -0.478 e. The predicted molar refractivity (Wildman–Crippen MR) is 76.8 cm³/mol. The Hall–Kier alpha value is -1.88. The van der Waals surface area contributed by atoms with Crippen LogP contribution >= 0.6 is 11.3 Å². The number of benzene rings is 1. The minimum atomic E-state index is -1.05. The van der Waals surface area contributed by atoms with E-state index in [1.54, 1.807) is 11.3 Å². The van der Waals surface area contributed by atoms with Crippen LogP contribution in [0.2, 0.25) is 0 Å². The Morgan fingerprint density at radius 1 is 1.40 bits per heavy atom. The monoisotopic (exact) mass is 291 g/mol. The molecule has 2 aromatic rings. The highest BCUT2D eigenvalue weighted by molar-refractivity contribution is 7.10. The highest BCUT2D eigenvalue weighted by atomic mass is 32.1. The van der Waals surface area contributed by atoms with E-state index in [9.17, 15) is 9.18 Å². The summed E-state index contributed by atoms with van der Waals surface area (Å²) in [6.07, 6.45) is 2.24. The van der Waals surface area contributed by atoms with Gasteiger partial charge >= 0.3 is 5.97 Å². The molecule has 1 atom stereocenters. The van der Waals surface area contributed by atoms with Crippen molar-refractivity contribution < 1.29 is 14.3 Å². The Kier molecular flexibility index (Phi) is 3.44. The number of halogens is 1. The van der Waals surface area contributed by atoms with Gasteiger partial charge < -0.3 is 10.4 Å². The second-order valence-corrected chi connectivity index (χ2v) is 5.95. The second kappa shape index (κ2) is 5.25. The normalized spacial score (nSPS) is 15.8. The van der Waals surface area contributed by atoms with Gasteiger partial charge in [-0.3, -0.25) is 0 Å². The number of carbonyl (C=O) groups is 1. The average Bonchev–Trinajstić information content (AvgIpc) is 3.12. The standard InChI is InChI=1S/C15H14FNO2S/c16-11-6-5-10(15(18)19)8-12(11)17-14(9-3-4-9)13-2-1-7-20-13/h1-2,5-9,14,17H,3-4H2,(H,18,19). The first-order valence-corrected chi connectivity index (χ1v) is 7.36.